The lowest BCUT2D eigenvalue weighted by Gasteiger charge is -2.10. The van der Waals surface area contributed by atoms with Gasteiger partial charge in [-0.25, -0.2) is 14.1 Å². The SMILES string of the molecule is CSCCc1nc(C2CNC(=O)C2)n(-c2ccc(F)c(Cl)c2)n1. The van der Waals surface area contributed by atoms with Gasteiger partial charge in [-0.05, 0) is 24.5 Å². The molecule has 0 radical (unpaired) electrons. The van der Waals surface area contributed by atoms with Crippen LogP contribution in [-0.2, 0) is 11.2 Å². The largest absolute Gasteiger partial charge is 0.355 e. The highest BCUT2D eigenvalue weighted by Gasteiger charge is 2.28. The number of rotatable bonds is 5. The second kappa shape index (κ2) is 6.88. The quantitative estimate of drug-likeness (QED) is 0.896. The molecule has 1 aromatic carbocycles. The maximum atomic E-state index is 13.4. The van der Waals surface area contributed by atoms with Crippen molar-refractivity contribution in [3.8, 4) is 5.69 Å². The number of carbonyl (C=O) groups excluding carboxylic acids is 1. The molecule has 5 nitrogen and oxygen atoms in total. The van der Waals surface area contributed by atoms with Gasteiger partial charge in [-0.3, -0.25) is 4.79 Å². The van der Waals surface area contributed by atoms with E-state index in [0.717, 1.165) is 12.2 Å². The first kappa shape index (κ1) is 16.3. The monoisotopic (exact) mass is 354 g/mol. The van der Waals surface area contributed by atoms with Crippen LogP contribution in [-0.4, -0.2) is 39.2 Å². The zero-order chi connectivity index (χ0) is 16.4. The molecule has 1 fully saturated rings. The van der Waals surface area contributed by atoms with E-state index in [4.69, 9.17) is 11.6 Å². The van der Waals surface area contributed by atoms with E-state index < -0.39 is 5.82 Å². The molecule has 1 aromatic heterocycles. The van der Waals surface area contributed by atoms with E-state index in [2.05, 4.69) is 15.4 Å². The number of benzene rings is 1. The molecule has 3 rings (SSSR count). The Balaban J connectivity index is 2.00. The number of aromatic nitrogens is 3. The molecule has 1 unspecified atom stereocenters. The van der Waals surface area contributed by atoms with E-state index in [9.17, 15) is 9.18 Å². The van der Waals surface area contributed by atoms with Crippen LogP contribution in [0.1, 0.15) is 24.0 Å². The summed E-state index contributed by atoms with van der Waals surface area (Å²) in [5.41, 5.74) is 0.647. The molecule has 2 heterocycles. The predicted octanol–water partition coefficient (Wildman–Crippen LogP) is 2.57. The van der Waals surface area contributed by atoms with Gasteiger partial charge >= 0.3 is 0 Å². The van der Waals surface area contributed by atoms with E-state index in [1.807, 2.05) is 6.26 Å². The van der Waals surface area contributed by atoms with Crippen LogP contribution < -0.4 is 5.32 Å². The number of halogens is 2. The number of amides is 1. The molecule has 122 valence electrons. The minimum Gasteiger partial charge on any atom is -0.355 e. The van der Waals surface area contributed by atoms with Gasteiger partial charge in [0.05, 0.1) is 10.7 Å². The molecular formula is C15H16ClFN4OS. The zero-order valence-corrected chi connectivity index (χ0v) is 14.1. The summed E-state index contributed by atoms with van der Waals surface area (Å²) < 4.78 is 15.1. The Bertz CT molecular complexity index is 736. The predicted molar refractivity (Wildman–Crippen MR) is 88.8 cm³/mol. The van der Waals surface area contributed by atoms with Crippen molar-refractivity contribution >= 4 is 29.3 Å². The van der Waals surface area contributed by atoms with Gasteiger partial charge in [0, 0.05) is 31.1 Å². The van der Waals surface area contributed by atoms with Crippen molar-refractivity contribution in [2.75, 3.05) is 18.6 Å². The molecule has 1 amide bonds. The lowest BCUT2D eigenvalue weighted by Crippen LogP contribution is -2.15. The molecule has 23 heavy (non-hydrogen) atoms. The van der Waals surface area contributed by atoms with Crippen molar-refractivity contribution in [1.29, 1.82) is 0 Å². The second-order valence-electron chi connectivity index (χ2n) is 5.34. The summed E-state index contributed by atoms with van der Waals surface area (Å²) in [6.07, 6.45) is 3.15. The van der Waals surface area contributed by atoms with E-state index in [1.165, 1.54) is 12.1 Å². The van der Waals surface area contributed by atoms with Gasteiger partial charge < -0.3 is 5.32 Å². The van der Waals surface area contributed by atoms with E-state index in [-0.39, 0.29) is 16.8 Å². The number of carbonyl (C=O) groups is 1. The van der Waals surface area contributed by atoms with Crippen molar-refractivity contribution in [3.05, 3.63) is 40.7 Å². The Labute approximate surface area is 142 Å². The van der Waals surface area contributed by atoms with Crippen molar-refractivity contribution in [2.45, 2.75) is 18.8 Å². The van der Waals surface area contributed by atoms with Crippen LogP contribution in [0.25, 0.3) is 5.69 Å². The van der Waals surface area contributed by atoms with Crippen LogP contribution in [0.2, 0.25) is 5.02 Å². The fourth-order valence-electron chi connectivity index (χ4n) is 2.53. The van der Waals surface area contributed by atoms with Gasteiger partial charge in [-0.2, -0.15) is 16.9 Å². The molecule has 1 aliphatic heterocycles. The normalized spacial score (nSPS) is 17.5. The Morgan fingerprint density at radius 3 is 3.00 bits per heavy atom. The lowest BCUT2D eigenvalue weighted by atomic mass is 10.1. The summed E-state index contributed by atoms with van der Waals surface area (Å²) in [5.74, 6) is 1.83. The molecule has 0 spiro atoms. The molecule has 1 saturated heterocycles. The molecule has 0 saturated carbocycles. The topological polar surface area (TPSA) is 59.8 Å². The summed E-state index contributed by atoms with van der Waals surface area (Å²) in [5, 5.41) is 7.38. The van der Waals surface area contributed by atoms with Gasteiger partial charge in [0.25, 0.3) is 0 Å². The molecule has 8 heteroatoms. The Hall–Kier alpha value is -1.60. The highest BCUT2D eigenvalue weighted by molar-refractivity contribution is 7.98. The molecule has 2 aromatic rings. The molecule has 1 aliphatic rings. The van der Waals surface area contributed by atoms with Crippen LogP contribution >= 0.6 is 23.4 Å². The zero-order valence-electron chi connectivity index (χ0n) is 12.6. The Kier molecular flexibility index (Phi) is 4.87. The molecular weight excluding hydrogens is 339 g/mol. The Morgan fingerprint density at radius 2 is 2.35 bits per heavy atom. The van der Waals surface area contributed by atoms with Gasteiger partial charge in [-0.15, -0.1) is 0 Å². The van der Waals surface area contributed by atoms with Crippen LogP contribution in [0.4, 0.5) is 4.39 Å². The molecule has 1 N–H and O–H groups in total. The fourth-order valence-corrected chi connectivity index (χ4v) is 3.09. The Morgan fingerprint density at radius 1 is 1.52 bits per heavy atom. The van der Waals surface area contributed by atoms with Gasteiger partial charge in [-0.1, -0.05) is 11.6 Å². The van der Waals surface area contributed by atoms with Crippen LogP contribution in [0.5, 0.6) is 0 Å². The summed E-state index contributed by atoms with van der Waals surface area (Å²) in [6.45, 7) is 0.536. The highest BCUT2D eigenvalue weighted by Crippen LogP contribution is 2.26. The van der Waals surface area contributed by atoms with Crippen LogP contribution in [0.3, 0.4) is 0 Å². The van der Waals surface area contributed by atoms with Crippen LogP contribution in [0, 0.1) is 5.82 Å². The number of hydrogen-bond acceptors (Lipinski definition) is 4. The van der Waals surface area contributed by atoms with E-state index >= 15 is 0 Å². The number of nitrogens with one attached hydrogen (secondary N) is 1. The minimum atomic E-state index is -0.475. The average Bonchev–Trinajstić information content (AvgIpc) is 3.14. The van der Waals surface area contributed by atoms with Crippen LogP contribution in [0.15, 0.2) is 18.2 Å². The first-order chi connectivity index (χ1) is 11.1. The minimum absolute atomic E-state index is 0.00681. The van der Waals surface area contributed by atoms with Gasteiger partial charge in [0.15, 0.2) is 5.82 Å². The third kappa shape index (κ3) is 3.50. The number of thioether (sulfide) groups is 1. The standard InChI is InChI=1S/C15H16ClFN4OS/c1-23-5-4-13-19-15(9-6-14(22)18-8-9)21(20-13)10-2-3-12(17)11(16)7-10/h2-3,7,9H,4-6,8H2,1H3,(H,18,22). The number of hydrogen-bond donors (Lipinski definition) is 1. The lowest BCUT2D eigenvalue weighted by molar-refractivity contribution is -0.119. The number of nitrogens with zero attached hydrogens (tertiary/aromatic N) is 3. The van der Waals surface area contributed by atoms with Gasteiger partial charge in [0.1, 0.15) is 11.6 Å². The average molecular weight is 355 g/mol. The molecule has 0 aliphatic carbocycles. The van der Waals surface area contributed by atoms with E-state index in [1.54, 1.807) is 22.5 Å². The van der Waals surface area contributed by atoms with Gasteiger partial charge in [0.2, 0.25) is 5.91 Å². The number of aryl methyl sites for hydroxylation is 1. The van der Waals surface area contributed by atoms with Crippen molar-refractivity contribution < 1.29 is 9.18 Å². The highest BCUT2D eigenvalue weighted by atomic mass is 35.5. The summed E-state index contributed by atoms with van der Waals surface area (Å²) in [7, 11) is 0. The maximum Gasteiger partial charge on any atom is 0.220 e. The smallest absolute Gasteiger partial charge is 0.220 e. The second-order valence-corrected chi connectivity index (χ2v) is 6.74. The first-order valence-electron chi connectivity index (χ1n) is 7.25. The maximum absolute atomic E-state index is 13.4. The third-order valence-corrected chi connectivity index (χ3v) is 4.60. The van der Waals surface area contributed by atoms with Crippen molar-refractivity contribution in [2.24, 2.45) is 0 Å². The molecule has 0 bridgehead atoms. The van der Waals surface area contributed by atoms with Crippen molar-refractivity contribution in [3.63, 3.8) is 0 Å². The molecule has 1 atom stereocenters. The van der Waals surface area contributed by atoms with E-state index in [0.29, 0.717) is 30.3 Å². The summed E-state index contributed by atoms with van der Waals surface area (Å²) >= 11 is 7.60. The third-order valence-electron chi connectivity index (χ3n) is 3.70. The first-order valence-corrected chi connectivity index (χ1v) is 9.02. The fraction of sp³-hybridized carbons (Fsp3) is 0.400. The summed E-state index contributed by atoms with van der Waals surface area (Å²) in [6, 6.07) is 4.45. The summed E-state index contributed by atoms with van der Waals surface area (Å²) in [4.78, 5) is 16.1. The van der Waals surface area contributed by atoms with Crippen molar-refractivity contribution in [1.82, 2.24) is 20.1 Å².